The Morgan fingerprint density at radius 3 is 1.40 bits per heavy atom. The Bertz CT molecular complexity index is 2780. The van der Waals surface area contributed by atoms with E-state index in [0.717, 1.165) is 38.8 Å². The number of nitrogens with one attached hydrogen (secondary N) is 2. The van der Waals surface area contributed by atoms with Crippen molar-refractivity contribution in [3.63, 3.8) is 0 Å². The van der Waals surface area contributed by atoms with Crippen LogP contribution in [0, 0.1) is 0 Å². The quantitative estimate of drug-likeness (QED) is 0.0608. The van der Waals surface area contributed by atoms with Crippen molar-refractivity contribution in [2.45, 2.75) is 52.6 Å². The van der Waals surface area contributed by atoms with E-state index in [1.54, 1.807) is 47.9 Å². The summed E-state index contributed by atoms with van der Waals surface area (Å²) in [6.45, 7) is 0. The highest BCUT2D eigenvalue weighted by molar-refractivity contribution is 7.98. The van der Waals surface area contributed by atoms with Gasteiger partial charge in [-0.2, -0.15) is 0 Å². The molecule has 0 saturated carbocycles. The topological polar surface area (TPSA) is 164 Å². The Hall–Kier alpha value is -7.35. The smallest absolute Gasteiger partial charge is 0.337 e. The summed E-state index contributed by atoms with van der Waals surface area (Å²) in [7, 11) is 0. The second kappa shape index (κ2) is 29.5. The summed E-state index contributed by atoms with van der Waals surface area (Å²) in [6.07, 6.45) is 7.19. The van der Waals surface area contributed by atoms with Crippen molar-refractivity contribution in [2.24, 2.45) is 5.73 Å². The molecule has 0 aliphatic rings. The number of rotatable bonds is 18. The molecule has 2 amide bonds. The molecule has 6 aromatic carbocycles. The molecule has 0 aliphatic heterocycles. The van der Waals surface area contributed by atoms with Crippen LogP contribution in [0.25, 0.3) is 0 Å². The van der Waals surface area contributed by atoms with Crippen LogP contribution in [0.3, 0.4) is 0 Å². The molecule has 8 rings (SSSR count). The van der Waals surface area contributed by atoms with E-state index in [4.69, 9.17) is 10.8 Å². The second-order valence-electron chi connectivity index (χ2n) is 15.6. The van der Waals surface area contributed by atoms with Crippen molar-refractivity contribution in [3.8, 4) is 0 Å². The van der Waals surface area contributed by atoms with Crippen molar-refractivity contribution >= 4 is 65.2 Å². The average Bonchev–Trinajstić information content (AvgIpc) is 3.40. The largest absolute Gasteiger partial charge is 0.478 e. The van der Waals surface area contributed by atoms with E-state index in [1.807, 2.05) is 133 Å². The summed E-state index contributed by atoms with van der Waals surface area (Å²) in [5.41, 5.74) is 13.0. The molecule has 2 atom stereocenters. The average molecular weight is 989 g/mol. The third-order valence-electron chi connectivity index (χ3n) is 10.4. The molecule has 2 aromatic heterocycles. The van der Waals surface area contributed by atoms with Gasteiger partial charge in [0.25, 0.3) is 5.91 Å². The third-order valence-corrected chi connectivity index (χ3v) is 12.5. The molecule has 0 fully saturated rings. The predicted molar refractivity (Wildman–Crippen MR) is 284 cm³/mol. The maximum absolute atomic E-state index is 13.2. The first kappa shape index (κ1) is 53.6. The van der Waals surface area contributed by atoms with Gasteiger partial charge in [0.05, 0.1) is 23.2 Å². The fraction of sp³-hybridized carbons (Fsp3) is 0.123. The zero-order valence-electron chi connectivity index (χ0n) is 38.3. The van der Waals surface area contributed by atoms with Gasteiger partial charge in [-0.05, 0) is 101 Å². The van der Waals surface area contributed by atoms with Crippen molar-refractivity contribution in [3.05, 3.63) is 258 Å². The number of halogens is 1. The molecule has 10 nitrogen and oxygen atoms in total. The van der Waals surface area contributed by atoms with Gasteiger partial charge in [0.2, 0.25) is 5.91 Å². The number of thioether (sulfide) groups is 2. The van der Waals surface area contributed by atoms with Crippen LogP contribution in [0.2, 0.25) is 0 Å². The summed E-state index contributed by atoms with van der Waals surface area (Å²) < 4.78 is 0. The molecule has 0 saturated heterocycles. The van der Waals surface area contributed by atoms with E-state index in [1.165, 1.54) is 40.7 Å². The molecule has 0 spiro atoms. The molecule has 2 heterocycles. The summed E-state index contributed by atoms with van der Waals surface area (Å²) >= 11 is 3.54. The van der Waals surface area contributed by atoms with Crippen LogP contribution in [0.4, 0.5) is 5.69 Å². The standard InChI is InChI=1S/C29H26N2O2S.C22H22N2OS.C6H5NO2.ClH/c32-28(19-23-13-15-26(16-14-23)34-21-24-10-5-2-6-11-24)27(18-22-8-3-1-4-9-22)31-29(33)25-12-7-17-30-20-25;23-21(15-17-7-3-1-4-8-17)22(25)24-19-11-13-20(14-12-19)26-16-18-9-5-2-6-10-18;8-6(9)5-2-1-3-7-4-5;/h1-17,20,27H,18-19,21H2,(H,31,33);1-14,21H,15-16,23H2,(H,24,25);1-4H,(H,8,9);1H/t27-;21-;;/m00../s1. The molecule has 0 radical (unpaired) electrons. The number of aromatic nitrogens is 2. The summed E-state index contributed by atoms with van der Waals surface area (Å²) in [6, 6.07) is 61.5. The number of anilines is 1. The van der Waals surface area contributed by atoms with E-state index < -0.39 is 18.1 Å². The van der Waals surface area contributed by atoms with E-state index >= 15 is 0 Å². The highest BCUT2D eigenvalue weighted by atomic mass is 35.5. The van der Waals surface area contributed by atoms with Gasteiger partial charge >= 0.3 is 5.97 Å². The number of nitrogens with two attached hydrogens (primary N) is 1. The lowest BCUT2D eigenvalue weighted by atomic mass is 9.97. The number of ketones is 1. The Morgan fingerprint density at radius 1 is 0.514 bits per heavy atom. The van der Waals surface area contributed by atoms with Crippen molar-refractivity contribution in [1.82, 2.24) is 15.3 Å². The van der Waals surface area contributed by atoms with Gasteiger partial charge in [0.1, 0.15) is 0 Å². The number of carbonyl (C=O) groups is 4. The van der Waals surface area contributed by atoms with Crippen LogP contribution < -0.4 is 16.4 Å². The fourth-order valence-electron chi connectivity index (χ4n) is 6.66. The highest BCUT2D eigenvalue weighted by Crippen LogP contribution is 2.25. The molecule has 0 unspecified atom stereocenters. The van der Waals surface area contributed by atoms with Gasteiger partial charge in [0.15, 0.2) is 5.78 Å². The zero-order valence-corrected chi connectivity index (χ0v) is 40.7. The number of carboxylic acids is 1. The lowest BCUT2D eigenvalue weighted by Gasteiger charge is -2.18. The lowest BCUT2D eigenvalue weighted by molar-refractivity contribution is -0.120. The third kappa shape index (κ3) is 19.0. The van der Waals surface area contributed by atoms with Gasteiger partial charge in [-0.25, -0.2) is 4.79 Å². The van der Waals surface area contributed by atoms with E-state index in [9.17, 15) is 19.2 Å². The minimum Gasteiger partial charge on any atom is -0.478 e. The maximum atomic E-state index is 13.2. The number of amides is 2. The minimum absolute atomic E-state index is 0. The Labute approximate surface area is 424 Å². The molecule has 0 bridgehead atoms. The van der Waals surface area contributed by atoms with Crippen molar-refractivity contribution in [1.29, 1.82) is 0 Å². The maximum Gasteiger partial charge on any atom is 0.337 e. The van der Waals surface area contributed by atoms with Crippen LogP contribution >= 0.6 is 35.9 Å². The first-order valence-corrected chi connectivity index (χ1v) is 24.2. The summed E-state index contributed by atoms with van der Waals surface area (Å²) in [5, 5.41) is 14.2. The number of hydrogen-bond acceptors (Lipinski definition) is 9. The zero-order chi connectivity index (χ0) is 48.5. The van der Waals surface area contributed by atoms with Crippen LogP contribution in [-0.2, 0) is 40.4 Å². The number of nitrogens with zero attached hydrogens (tertiary/aromatic N) is 2. The molecule has 13 heteroatoms. The Balaban J connectivity index is 0.000000223. The molecule has 356 valence electrons. The molecule has 8 aromatic rings. The second-order valence-corrected chi connectivity index (χ2v) is 17.7. The van der Waals surface area contributed by atoms with Crippen LogP contribution in [0.15, 0.2) is 229 Å². The van der Waals surface area contributed by atoms with Crippen LogP contribution in [0.5, 0.6) is 0 Å². The number of Topliss-reactive ketones (excluding diaryl/α,β-unsaturated/α-hetero) is 1. The SMILES string of the molecule is Cl.N[C@@H](Cc1ccccc1)C(=O)Nc1ccc(SCc2ccccc2)cc1.O=C(N[C@@H](Cc1ccccc1)C(=O)Cc1ccc(SCc2ccccc2)cc1)c1cccnc1.O=C(O)c1cccnc1. The number of carbonyl (C=O) groups excluding carboxylic acids is 3. The number of pyridine rings is 2. The van der Waals surface area contributed by atoms with Gasteiger partial charge < -0.3 is 21.5 Å². The van der Waals surface area contributed by atoms with E-state index in [-0.39, 0.29) is 42.0 Å². The molecule has 70 heavy (non-hydrogen) atoms. The van der Waals surface area contributed by atoms with Gasteiger partial charge in [-0.1, -0.05) is 133 Å². The normalized spacial score (nSPS) is 11.1. The molecular formula is C57H54ClN5O5S2. The summed E-state index contributed by atoms with van der Waals surface area (Å²) in [4.78, 5) is 58.4. The van der Waals surface area contributed by atoms with Crippen LogP contribution in [0.1, 0.15) is 48.5 Å². The van der Waals surface area contributed by atoms with E-state index in [2.05, 4.69) is 57.0 Å². The Kier molecular flexibility index (Phi) is 22.6. The minimum atomic E-state index is -0.942. The summed E-state index contributed by atoms with van der Waals surface area (Å²) in [5.74, 6) is 0.398. The van der Waals surface area contributed by atoms with Gasteiger partial charge in [-0.3, -0.25) is 24.4 Å². The molecule has 5 N–H and O–H groups in total. The van der Waals surface area contributed by atoms with Crippen molar-refractivity contribution < 1.29 is 24.3 Å². The van der Waals surface area contributed by atoms with Gasteiger partial charge in [-0.15, -0.1) is 35.9 Å². The first-order chi connectivity index (χ1) is 33.7. The molecule has 0 aliphatic carbocycles. The lowest BCUT2D eigenvalue weighted by Crippen LogP contribution is -2.43. The highest BCUT2D eigenvalue weighted by Gasteiger charge is 2.22. The van der Waals surface area contributed by atoms with E-state index in [0.29, 0.717) is 18.4 Å². The Morgan fingerprint density at radius 2 is 0.957 bits per heavy atom. The monoisotopic (exact) mass is 987 g/mol. The van der Waals surface area contributed by atoms with Crippen molar-refractivity contribution in [2.75, 3.05) is 5.32 Å². The predicted octanol–water partition coefficient (Wildman–Crippen LogP) is 11.2. The fourth-order valence-corrected chi connectivity index (χ4v) is 8.37. The molecular weight excluding hydrogens is 934 g/mol. The number of carboxylic acid groups (broad SMARTS) is 1. The van der Waals surface area contributed by atoms with Crippen LogP contribution in [-0.4, -0.2) is 50.7 Å². The number of hydrogen-bond donors (Lipinski definition) is 4. The number of benzene rings is 6. The number of aromatic carboxylic acids is 1. The van der Waals surface area contributed by atoms with Gasteiger partial charge in [0, 0.05) is 58.2 Å². The first-order valence-electron chi connectivity index (χ1n) is 22.2.